The molecule has 2 aromatic rings. The molecule has 0 aromatic heterocycles. The van der Waals surface area contributed by atoms with Crippen molar-refractivity contribution in [1.29, 1.82) is 0 Å². The van der Waals surface area contributed by atoms with Crippen molar-refractivity contribution in [3.63, 3.8) is 0 Å². The number of hydrogen-bond donors (Lipinski definition) is 2. The van der Waals surface area contributed by atoms with Gasteiger partial charge in [-0.2, -0.15) is 0 Å². The Kier molecular flexibility index (Phi) is 5.82. The number of aryl methyl sites for hydroxylation is 2. The van der Waals surface area contributed by atoms with Crippen molar-refractivity contribution in [2.75, 3.05) is 0 Å². The van der Waals surface area contributed by atoms with Crippen LogP contribution in [-0.4, -0.2) is 16.9 Å². The van der Waals surface area contributed by atoms with Crippen molar-refractivity contribution in [1.82, 2.24) is 5.48 Å². The average molecular weight is 321 g/mol. The van der Waals surface area contributed by atoms with E-state index in [-0.39, 0.29) is 5.78 Å². The quantitative estimate of drug-likeness (QED) is 0.382. The average Bonchev–Trinajstić information content (AvgIpc) is 2.59. The molecule has 0 aliphatic heterocycles. The van der Waals surface area contributed by atoms with E-state index in [0.29, 0.717) is 5.56 Å². The molecule has 0 fully saturated rings. The van der Waals surface area contributed by atoms with E-state index in [2.05, 4.69) is 0 Å². The lowest BCUT2D eigenvalue weighted by Crippen LogP contribution is -2.14. The number of allylic oxidation sites excluding steroid dienone is 1. The third-order valence-corrected chi connectivity index (χ3v) is 3.58. The number of nitrogens with one attached hydrogen (secondary N) is 1. The highest BCUT2D eigenvalue weighted by Crippen LogP contribution is 2.15. The smallest absolute Gasteiger partial charge is 0.267 e. The molecule has 4 heteroatoms. The Morgan fingerprint density at radius 3 is 2.29 bits per heavy atom. The Morgan fingerprint density at radius 1 is 0.958 bits per heavy atom. The van der Waals surface area contributed by atoms with Gasteiger partial charge in [-0.15, -0.1) is 0 Å². The topological polar surface area (TPSA) is 66.4 Å². The standard InChI is InChI=1S/C20H19NO3/c1-14-3-7-18(8-4-14)19(22)11-10-17-9-5-16(13-15(17)2)6-12-20(23)21-24/h3-13,24H,1-2H3,(H,21,23)/b11-10+,12-6+. The lowest BCUT2D eigenvalue weighted by molar-refractivity contribution is -0.124. The maximum Gasteiger partial charge on any atom is 0.267 e. The summed E-state index contributed by atoms with van der Waals surface area (Å²) in [7, 11) is 0. The minimum Gasteiger partial charge on any atom is -0.289 e. The van der Waals surface area contributed by atoms with Crippen molar-refractivity contribution < 1.29 is 14.8 Å². The van der Waals surface area contributed by atoms with Crippen LogP contribution in [0.5, 0.6) is 0 Å². The fourth-order valence-corrected chi connectivity index (χ4v) is 2.18. The van der Waals surface area contributed by atoms with E-state index in [4.69, 9.17) is 5.21 Å². The molecule has 0 spiro atoms. The van der Waals surface area contributed by atoms with Gasteiger partial charge in [0.2, 0.25) is 0 Å². The molecule has 0 radical (unpaired) electrons. The van der Waals surface area contributed by atoms with Gasteiger partial charge < -0.3 is 0 Å². The van der Waals surface area contributed by atoms with Gasteiger partial charge in [0.15, 0.2) is 5.78 Å². The lowest BCUT2D eigenvalue weighted by Gasteiger charge is -2.02. The minimum atomic E-state index is -0.583. The minimum absolute atomic E-state index is 0.0435. The summed E-state index contributed by atoms with van der Waals surface area (Å²) in [6, 6.07) is 13.1. The van der Waals surface area contributed by atoms with Gasteiger partial charge in [-0.3, -0.25) is 14.8 Å². The van der Waals surface area contributed by atoms with Crippen LogP contribution in [0.3, 0.4) is 0 Å². The van der Waals surface area contributed by atoms with Crippen molar-refractivity contribution in [2.45, 2.75) is 13.8 Å². The van der Waals surface area contributed by atoms with E-state index >= 15 is 0 Å². The molecule has 0 unspecified atom stereocenters. The van der Waals surface area contributed by atoms with Gasteiger partial charge >= 0.3 is 0 Å². The molecule has 0 aliphatic rings. The molecule has 0 atom stereocenters. The van der Waals surface area contributed by atoms with Crippen LogP contribution in [0.1, 0.15) is 32.6 Å². The Labute approximate surface area is 141 Å². The third kappa shape index (κ3) is 4.76. The molecule has 1 amide bonds. The molecular weight excluding hydrogens is 302 g/mol. The number of rotatable bonds is 5. The highest BCUT2D eigenvalue weighted by Gasteiger charge is 2.02. The van der Waals surface area contributed by atoms with Gasteiger partial charge in [0, 0.05) is 11.6 Å². The Hall–Kier alpha value is -2.98. The number of amides is 1. The van der Waals surface area contributed by atoms with Crippen LogP contribution >= 0.6 is 0 Å². The highest BCUT2D eigenvalue weighted by molar-refractivity contribution is 6.06. The van der Waals surface area contributed by atoms with Gasteiger partial charge in [0.1, 0.15) is 0 Å². The first-order valence-electron chi connectivity index (χ1n) is 7.51. The molecule has 0 aliphatic carbocycles. The fraction of sp³-hybridized carbons (Fsp3) is 0.100. The maximum atomic E-state index is 12.2. The first-order chi connectivity index (χ1) is 11.5. The van der Waals surface area contributed by atoms with Gasteiger partial charge in [0.05, 0.1) is 0 Å². The number of hydroxylamine groups is 1. The van der Waals surface area contributed by atoms with Gasteiger partial charge in [-0.25, -0.2) is 5.48 Å². The molecular formula is C20H19NO3. The van der Waals surface area contributed by atoms with Crippen LogP contribution in [0.4, 0.5) is 0 Å². The Balaban J connectivity index is 2.12. The Morgan fingerprint density at radius 2 is 1.67 bits per heavy atom. The molecule has 2 N–H and O–H groups in total. The molecule has 0 saturated carbocycles. The van der Waals surface area contributed by atoms with Gasteiger partial charge in [-0.05, 0) is 42.7 Å². The van der Waals surface area contributed by atoms with E-state index in [1.54, 1.807) is 18.2 Å². The molecule has 0 saturated heterocycles. The zero-order chi connectivity index (χ0) is 17.5. The van der Waals surface area contributed by atoms with Crippen molar-refractivity contribution in [3.8, 4) is 0 Å². The highest BCUT2D eigenvalue weighted by atomic mass is 16.5. The predicted octanol–water partition coefficient (Wildman–Crippen LogP) is 3.72. The molecule has 122 valence electrons. The second-order valence-electron chi connectivity index (χ2n) is 5.49. The van der Waals surface area contributed by atoms with Crippen molar-refractivity contribution >= 4 is 23.8 Å². The van der Waals surface area contributed by atoms with Crippen LogP contribution < -0.4 is 5.48 Å². The van der Waals surface area contributed by atoms with Crippen LogP contribution in [0.2, 0.25) is 0 Å². The summed E-state index contributed by atoms with van der Waals surface area (Å²) in [5, 5.41) is 8.45. The van der Waals surface area contributed by atoms with E-state index in [0.717, 1.165) is 22.3 Å². The second-order valence-corrected chi connectivity index (χ2v) is 5.49. The predicted molar refractivity (Wildman–Crippen MR) is 94.7 cm³/mol. The largest absolute Gasteiger partial charge is 0.289 e. The lowest BCUT2D eigenvalue weighted by atomic mass is 10.0. The first kappa shape index (κ1) is 17.4. The number of ketones is 1. The van der Waals surface area contributed by atoms with E-state index in [9.17, 15) is 9.59 Å². The summed E-state index contributed by atoms with van der Waals surface area (Å²) < 4.78 is 0. The molecule has 0 bridgehead atoms. The summed E-state index contributed by atoms with van der Waals surface area (Å²) in [4.78, 5) is 23.1. The number of carbonyl (C=O) groups is 2. The van der Waals surface area contributed by atoms with Crippen molar-refractivity contribution in [2.24, 2.45) is 0 Å². The SMILES string of the molecule is Cc1ccc(C(=O)/C=C/c2ccc(/C=C/C(=O)NO)cc2C)cc1. The number of carbonyl (C=O) groups excluding carboxylic acids is 2. The summed E-state index contributed by atoms with van der Waals surface area (Å²) in [6.07, 6.45) is 6.18. The van der Waals surface area contributed by atoms with Crippen LogP contribution in [0.25, 0.3) is 12.2 Å². The van der Waals surface area contributed by atoms with E-state index in [1.807, 2.05) is 56.3 Å². The van der Waals surface area contributed by atoms with E-state index in [1.165, 1.54) is 11.6 Å². The van der Waals surface area contributed by atoms with Gasteiger partial charge in [0.25, 0.3) is 5.91 Å². The third-order valence-electron chi connectivity index (χ3n) is 3.58. The summed E-state index contributed by atoms with van der Waals surface area (Å²) >= 11 is 0. The molecule has 24 heavy (non-hydrogen) atoms. The molecule has 0 heterocycles. The zero-order valence-electron chi connectivity index (χ0n) is 13.6. The molecule has 4 nitrogen and oxygen atoms in total. The number of hydrogen-bond acceptors (Lipinski definition) is 3. The zero-order valence-corrected chi connectivity index (χ0v) is 13.6. The van der Waals surface area contributed by atoms with Crippen LogP contribution in [-0.2, 0) is 4.79 Å². The number of benzene rings is 2. The van der Waals surface area contributed by atoms with Crippen LogP contribution in [0, 0.1) is 13.8 Å². The summed E-state index contributed by atoms with van der Waals surface area (Å²) in [6.45, 7) is 3.91. The first-order valence-corrected chi connectivity index (χ1v) is 7.51. The Bertz CT molecular complexity index is 802. The summed E-state index contributed by atoms with van der Waals surface area (Å²) in [5.41, 5.74) is 6.05. The summed E-state index contributed by atoms with van der Waals surface area (Å²) in [5.74, 6) is -0.627. The van der Waals surface area contributed by atoms with Gasteiger partial charge in [-0.1, -0.05) is 54.1 Å². The molecule has 2 rings (SSSR count). The monoisotopic (exact) mass is 321 g/mol. The van der Waals surface area contributed by atoms with Crippen molar-refractivity contribution in [3.05, 3.63) is 82.4 Å². The maximum absolute atomic E-state index is 12.2. The van der Waals surface area contributed by atoms with Crippen LogP contribution in [0.15, 0.2) is 54.6 Å². The van der Waals surface area contributed by atoms with E-state index < -0.39 is 5.91 Å². The fourth-order valence-electron chi connectivity index (χ4n) is 2.18. The molecule has 2 aromatic carbocycles. The normalized spacial score (nSPS) is 11.1. The second kappa shape index (κ2) is 8.04.